The fourth-order valence-corrected chi connectivity index (χ4v) is 4.54. The van der Waals surface area contributed by atoms with Crippen LogP contribution >= 0.6 is 11.8 Å². The molecule has 1 saturated heterocycles. The van der Waals surface area contributed by atoms with Crippen LogP contribution in [0.15, 0.2) is 24.3 Å². The Morgan fingerprint density at radius 1 is 1.27 bits per heavy atom. The smallest absolute Gasteiger partial charge is 0.255 e. The minimum atomic E-state index is -0.463. The van der Waals surface area contributed by atoms with Crippen molar-refractivity contribution in [3.63, 3.8) is 0 Å². The molecule has 0 saturated carbocycles. The van der Waals surface area contributed by atoms with Gasteiger partial charge in [0.2, 0.25) is 5.91 Å². The fourth-order valence-electron chi connectivity index (χ4n) is 2.90. The molecule has 1 aliphatic heterocycles. The second kappa shape index (κ2) is 9.83. The number of hydrogen-bond donors (Lipinski definition) is 1. The summed E-state index contributed by atoms with van der Waals surface area (Å²) in [7, 11) is 3.18. The molecule has 1 heterocycles. The van der Waals surface area contributed by atoms with Gasteiger partial charge in [0.15, 0.2) is 0 Å². The molecule has 1 fully saturated rings. The number of benzene rings is 1. The van der Waals surface area contributed by atoms with Gasteiger partial charge in [0.25, 0.3) is 5.91 Å². The standard InChI is InChI=1S/C19H28N2O4S/c1-13(2)11-17-21(16(12-26-17)18(22)20-9-10-24-3)19(23)14-5-7-15(25-4)8-6-14/h5-8,13,16-17H,9-12H2,1-4H3,(H,20,22). The topological polar surface area (TPSA) is 67.9 Å². The average molecular weight is 381 g/mol. The van der Waals surface area contributed by atoms with E-state index in [1.807, 2.05) is 0 Å². The summed E-state index contributed by atoms with van der Waals surface area (Å²) in [5.41, 5.74) is 0.566. The molecule has 0 aliphatic carbocycles. The van der Waals surface area contributed by atoms with E-state index in [1.165, 1.54) is 0 Å². The second-order valence-corrected chi connectivity index (χ2v) is 7.87. The average Bonchev–Trinajstić information content (AvgIpc) is 3.04. The summed E-state index contributed by atoms with van der Waals surface area (Å²) >= 11 is 1.67. The molecule has 144 valence electrons. The van der Waals surface area contributed by atoms with Crippen molar-refractivity contribution in [3.8, 4) is 5.75 Å². The summed E-state index contributed by atoms with van der Waals surface area (Å²) in [5, 5.41) is 2.87. The molecule has 1 aromatic rings. The summed E-state index contributed by atoms with van der Waals surface area (Å²) in [6.45, 7) is 5.15. The minimum Gasteiger partial charge on any atom is -0.497 e. The van der Waals surface area contributed by atoms with Crippen LogP contribution in [0.5, 0.6) is 5.75 Å². The van der Waals surface area contributed by atoms with Crippen LogP contribution in [-0.4, -0.2) is 61.3 Å². The van der Waals surface area contributed by atoms with Gasteiger partial charge in [-0.05, 0) is 36.6 Å². The number of nitrogens with one attached hydrogen (secondary N) is 1. The summed E-state index contributed by atoms with van der Waals surface area (Å²) in [5.74, 6) is 1.51. The number of hydrogen-bond acceptors (Lipinski definition) is 5. The molecule has 2 amide bonds. The Labute approximate surface area is 159 Å². The van der Waals surface area contributed by atoms with Gasteiger partial charge < -0.3 is 19.7 Å². The summed E-state index contributed by atoms with van der Waals surface area (Å²) in [6.07, 6.45) is 0.856. The van der Waals surface area contributed by atoms with Crippen molar-refractivity contribution in [2.75, 3.05) is 33.1 Å². The highest BCUT2D eigenvalue weighted by Gasteiger charge is 2.41. The van der Waals surface area contributed by atoms with Gasteiger partial charge in [-0.25, -0.2) is 0 Å². The van der Waals surface area contributed by atoms with Gasteiger partial charge in [0.1, 0.15) is 11.8 Å². The van der Waals surface area contributed by atoms with E-state index in [0.29, 0.717) is 36.1 Å². The first-order valence-electron chi connectivity index (χ1n) is 8.82. The predicted octanol–water partition coefficient (Wildman–Crippen LogP) is 2.39. The van der Waals surface area contributed by atoms with Crippen LogP contribution in [0.3, 0.4) is 0 Å². The first-order chi connectivity index (χ1) is 12.5. The van der Waals surface area contributed by atoms with Crippen LogP contribution in [-0.2, 0) is 9.53 Å². The molecule has 2 unspecified atom stereocenters. The van der Waals surface area contributed by atoms with E-state index < -0.39 is 6.04 Å². The molecule has 26 heavy (non-hydrogen) atoms. The van der Waals surface area contributed by atoms with Crippen molar-refractivity contribution >= 4 is 23.6 Å². The highest BCUT2D eigenvalue weighted by atomic mass is 32.2. The molecule has 0 spiro atoms. The SMILES string of the molecule is COCCNC(=O)C1CSC(CC(C)C)N1C(=O)c1ccc(OC)cc1. The van der Waals surface area contributed by atoms with E-state index in [1.54, 1.807) is 55.1 Å². The lowest BCUT2D eigenvalue weighted by Gasteiger charge is -2.30. The van der Waals surface area contributed by atoms with Crippen LogP contribution in [0.25, 0.3) is 0 Å². The fraction of sp³-hybridized carbons (Fsp3) is 0.579. The Hall–Kier alpha value is -1.73. The number of carbonyl (C=O) groups is 2. The first kappa shape index (κ1) is 20.6. The zero-order chi connectivity index (χ0) is 19.1. The molecule has 0 radical (unpaired) electrons. The van der Waals surface area contributed by atoms with Crippen molar-refractivity contribution in [2.45, 2.75) is 31.7 Å². The van der Waals surface area contributed by atoms with Gasteiger partial charge >= 0.3 is 0 Å². The molecule has 0 aromatic heterocycles. The van der Waals surface area contributed by atoms with Gasteiger partial charge in [-0.1, -0.05) is 13.8 Å². The third-order valence-electron chi connectivity index (χ3n) is 4.25. The van der Waals surface area contributed by atoms with Crippen LogP contribution in [0.4, 0.5) is 0 Å². The molecule has 0 bridgehead atoms. The highest BCUT2D eigenvalue weighted by Crippen LogP contribution is 2.34. The van der Waals surface area contributed by atoms with Crippen LogP contribution in [0.1, 0.15) is 30.6 Å². The lowest BCUT2D eigenvalue weighted by molar-refractivity contribution is -0.125. The monoisotopic (exact) mass is 380 g/mol. The number of carbonyl (C=O) groups excluding carboxylic acids is 2. The van der Waals surface area contributed by atoms with E-state index >= 15 is 0 Å². The third-order valence-corrected chi connectivity index (χ3v) is 5.56. The molecular weight excluding hydrogens is 352 g/mol. The third kappa shape index (κ3) is 5.14. The summed E-state index contributed by atoms with van der Waals surface area (Å²) < 4.78 is 10.1. The molecule has 2 rings (SSSR count). The summed E-state index contributed by atoms with van der Waals surface area (Å²) in [4.78, 5) is 27.5. The van der Waals surface area contributed by atoms with Gasteiger partial charge in [-0.15, -0.1) is 11.8 Å². The second-order valence-electron chi connectivity index (χ2n) is 6.66. The van der Waals surface area contributed by atoms with Crippen molar-refractivity contribution in [1.82, 2.24) is 10.2 Å². The Morgan fingerprint density at radius 3 is 2.54 bits per heavy atom. The van der Waals surface area contributed by atoms with E-state index in [9.17, 15) is 9.59 Å². The van der Waals surface area contributed by atoms with Crippen LogP contribution in [0.2, 0.25) is 0 Å². The van der Waals surface area contributed by atoms with E-state index in [0.717, 1.165) is 6.42 Å². The van der Waals surface area contributed by atoms with Crippen molar-refractivity contribution < 1.29 is 19.1 Å². The summed E-state index contributed by atoms with van der Waals surface area (Å²) in [6, 6.07) is 6.56. The predicted molar refractivity (Wildman–Crippen MR) is 104 cm³/mol. The lowest BCUT2D eigenvalue weighted by atomic mass is 10.1. The maximum Gasteiger partial charge on any atom is 0.255 e. The zero-order valence-electron chi connectivity index (χ0n) is 15.9. The lowest BCUT2D eigenvalue weighted by Crippen LogP contribution is -2.50. The highest BCUT2D eigenvalue weighted by molar-refractivity contribution is 8.00. The van der Waals surface area contributed by atoms with E-state index in [2.05, 4.69) is 19.2 Å². The molecule has 2 atom stereocenters. The number of methoxy groups -OCH3 is 2. The molecule has 1 N–H and O–H groups in total. The maximum absolute atomic E-state index is 13.2. The molecular formula is C19H28N2O4S. The van der Waals surface area contributed by atoms with E-state index in [4.69, 9.17) is 9.47 Å². The number of nitrogens with zero attached hydrogens (tertiary/aromatic N) is 1. The first-order valence-corrected chi connectivity index (χ1v) is 9.87. The number of thioether (sulfide) groups is 1. The van der Waals surface area contributed by atoms with Gasteiger partial charge in [0, 0.05) is 25.0 Å². The number of ether oxygens (including phenoxy) is 2. The maximum atomic E-state index is 13.2. The Kier molecular flexibility index (Phi) is 7.78. The van der Waals surface area contributed by atoms with Crippen molar-refractivity contribution in [2.24, 2.45) is 5.92 Å². The largest absolute Gasteiger partial charge is 0.497 e. The Balaban J connectivity index is 2.19. The quantitative estimate of drug-likeness (QED) is 0.702. The van der Waals surface area contributed by atoms with Crippen molar-refractivity contribution in [3.05, 3.63) is 29.8 Å². The van der Waals surface area contributed by atoms with Gasteiger partial charge in [-0.2, -0.15) is 0 Å². The van der Waals surface area contributed by atoms with Crippen LogP contribution in [0, 0.1) is 5.92 Å². The Morgan fingerprint density at radius 2 is 1.96 bits per heavy atom. The van der Waals surface area contributed by atoms with Crippen LogP contribution < -0.4 is 10.1 Å². The van der Waals surface area contributed by atoms with E-state index in [-0.39, 0.29) is 17.2 Å². The van der Waals surface area contributed by atoms with Gasteiger partial charge in [-0.3, -0.25) is 9.59 Å². The van der Waals surface area contributed by atoms with Gasteiger partial charge in [0.05, 0.1) is 19.1 Å². The number of amides is 2. The zero-order valence-corrected chi connectivity index (χ0v) is 16.7. The Bertz CT molecular complexity index is 606. The molecule has 6 nitrogen and oxygen atoms in total. The molecule has 1 aliphatic rings. The minimum absolute atomic E-state index is 0.00257. The molecule has 1 aromatic carbocycles. The molecule has 7 heteroatoms. The van der Waals surface area contributed by atoms with Crippen molar-refractivity contribution in [1.29, 1.82) is 0 Å². The number of rotatable bonds is 8. The normalized spacial score (nSPS) is 19.7.